The van der Waals surface area contributed by atoms with Crippen LogP contribution in [0.1, 0.15) is 11.1 Å². The maximum atomic E-state index is 2.24. The van der Waals surface area contributed by atoms with Crippen LogP contribution in [0.15, 0.2) is 97.1 Å². The second-order valence-electron chi connectivity index (χ2n) is 6.73. The molecule has 0 heterocycles. The van der Waals surface area contributed by atoms with Gasteiger partial charge in [0.2, 0.25) is 0 Å². The van der Waals surface area contributed by atoms with E-state index in [0.717, 1.165) is 6.42 Å². The Labute approximate surface area is 148 Å². The molecule has 0 radical (unpaired) electrons. The molecule has 0 amide bonds. The fourth-order valence-corrected chi connectivity index (χ4v) is 3.58. The normalized spacial score (nSPS) is 11.8. The molecule has 0 atom stereocenters. The Hall–Kier alpha value is -3.12. The van der Waals surface area contributed by atoms with E-state index in [-0.39, 0.29) is 0 Å². The summed E-state index contributed by atoms with van der Waals surface area (Å²) in [6, 6.07) is 35.6. The second-order valence-corrected chi connectivity index (χ2v) is 6.73. The monoisotopic (exact) mass is 318 g/mol. The van der Waals surface area contributed by atoms with Crippen molar-refractivity contribution in [3.05, 3.63) is 108 Å². The van der Waals surface area contributed by atoms with Crippen LogP contribution in [0.2, 0.25) is 0 Å². The molecule has 8 bridgehead atoms. The molecule has 0 nitrogen and oxygen atoms in total. The highest BCUT2D eigenvalue weighted by Gasteiger charge is 2.05. The summed E-state index contributed by atoms with van der Waals surface area (Å²) >= 11 is 0. The summed E-state index contributed by atoms with van der Waals surface area (Å²) in [5.41, 5.74) is 10.3. The van der Waals surface area contributed by atoms with Gasteiger partial charge in [0.25, 0.3) is 0 Å². The van der Waals surface area contributed by atoms with Crippen LogP contribution in [0.25, 0.3) is 33.4 Å². The van der Waals surface area contributed by atoms with Crippen LogP contribution in [-0.2, 0) is 6.42 Å². The zero-order valence-corrected chi connectivity index (χ0v) is 13.9. The van der Waals surface area contributed by atoms with Gasteiger partial charge in [-0.15, -0.1) is 0 Å². The van der Waals surface area contributed by atoms with E-state index in [0.29, 0.717) is 0 Å². The van der Waals surface area contributed by atoms with E-state index < -0.39 is 0 Å². The fourth-order valence-electron chi connectivity index (χ4n) is 3.58. The second kappa shape index (κ2) is 5.75. The Morgan fingerprint density at radius 1 is 0.280 bits per heavy atom. The average Bonchev–Trinajstić information content (AvgIpc) is 2.70. The van der Waals surface area contributed by atoms with Gasteiger partial charge < -0.3 is 0 Å². The zero-order valence-electron chi connectivity index (χ0n) is 13.9. The predicted molar refractivity (Wildman–Crippen MR) is 106 cm³/mol. The van der Waals surface area contributed by atoms with Crippen LogP contribution >= 0.6 is 0 Å². The minimum absolute atomic E-state index is 0.971. The zero-order chi connectivity index (χ0) is 16.6. The van der Waals surface area contributed by atoms with Crippen LogP contribution < -0.4 is 0 Å². The summed E-state index contributed by atoms with van der Waals surface area (Å²) in [6.07, 6.45) is 0.971. The van der Waals surface area contributed by atoms with E-state index in [1.807, 2.05) is 0 Å². The minimum Gasteiger partial charge on any atom is -0.0581 e. The lowest BCUT2D eigenvalue weighted by atomic mass is 9.98. The first-order chi connectivity index (χ1) is 12.3. The van der Waals surface area contributed by atoms with Crippen molar-refractivity contribution < 1.29 is 0 Å². The summed E-state index contributed by atoms with van der Waals surface area (Å²) < 4.78 is 0. The summed E-state index contributed by atoms with van der Waals surface area (Å²) in [5, 5.41) is 0. The first kappa shape index (κ1) is 14.2. The first-order valence-electron chi connectivity index (χ1n) is 8.74. The van der Waals surface area contributed by atoms with Gasteiger partial charge in [0.05, 0.1) is 0 Å². The highest BCUT2D eigenvalue weighted by atomic mass is 14.1. The molecular formula is C25H18. The molecule has 10 aliphatic carbocycles. The molecule has 4 aromatic rings. The smallest absolute Gasteiger partial charge is 0.00258 e. The highest BCUT2D eigenvalue weighted by molar-refractivity contribution is 5.73. The summed E-state index contributed by atoms with van der Waals surface area (Å²) in [6.45, 7) is 0. The molecule has 14 rings (SSSR count). The van der Waals surface area contributed by atoms with Crippen molar-refractivity contribution in [3.8, 4) is 33.4 Å². The van der Waals surface area contributed by atoms with Crippen molar-refractivity contribution in [2.75, 3.05) is 0 Å². The Morgan fingerprint density at radius 2 is 0.480 bits per heavy atom. The van der Waals surface area contributed by atoms with Crippen molar-refractivity contribution in [2.45, 2.75) is 6.42 Å². The Kier molecular flexibility index (Phi) is 3.28. The third-order valence-electron chi connectivity index (χ3n) is 5.09. The van der Waals surface area contributed by atoms with Gasteiger partial charge >= 0.3 is 0 Å². The number of benzene rings is 4. The average molecular weight is 318 g/mol. The van der Waals surface area contributed by atoms with Gasteiger partial charge in [-0.05, 0) is 50.9 Å². The van der Waals surface area contributed by atoms with Crippen LogP contribution in [0.4, 0.5) is 0 Å². The third-order valence-corrected chi connectivity index (χ3v) is 5.09. The number of rotatable bonds is 0. The Bertz CT molecular complexity index is 916. The third kappa shape index (κ3) is 2.66. The van der Waals surface area contributed by atoms with Crippen molar-refractivity contribution in [1.82, 2.24) is 0 Å². The van der Waals surface area contributed by atoms with Crippen LogP contribution in [0.5, 0.6) is 0 Å². The molecule has 0 N–H and O–H groups in total. The lowest BCUT2D eigenvalue weighted by molar-refractivity contribution is 1.19. The molecule has 0 aromatic heterocycles. The molecule has 0 aliphatic heterocycles. The van der Waals surface area contributed by atoms with E-state index in [9.17, 15) is 0 Å². The minimum atomic E-state index is 0.971. The van der Waals surface area contributed by atoms with Gasteiger partial charge in [0.1, 0.15) is 0 Å². The quantitative estimate of drug-likeness (QED) is 0.302. The molecule has 0 spiro atoms. The first-order valence-corrected chi connectivity index (χ1v) is 8.74. The maximum absolute atomic E-state index is 2.24. The molecule has 118 valence electrons. The predicted octanol–water partition coefficient (Wildman–Crippen LogP) is 6.59. The van der Waals surface area contributed by atoms with Gasteiger partial charge in [-0.25, -0.2) is 0 Å². The van der Waals surface area contributed by atoms with Gasteiger partial charge in [0.15, 0.2) is 0 Å². The molecule has 0 saturated carbocycles. The molecular weight excluding hydrogens is 300 g/mol. The van der Waals surface area contributed by atoms with Gasteiger partial charge in [-0.2, -0.15) is 0 Å². The van der Waals surface area contributed by atoms with Crippen molar-refractivity contribution in [2.24, 2.45) is 0 Å². The summed E-state index contributed by atoms with van der Waals surface area (Å²) in [4.78, 5) is 0. The van der Waals surface area contributed by atoms with Crippen LogP contribution in [0, 0.1) is 0 Å². The van der Waals surface area contributed by atoms with E-state index in [2.05, 4.69) is 97.1 Å². The Morgan fingerprint density at radius 3 is 0.720 bits per heavy atom. The molecule has 0 heteroatoms. The lowest BCUT2D eigenvalue weighted by Crippen LogP contribution is -1.88. The van der Waals surface area contributed by atoms with E-state index in [4.69, 9.17) is 0 Å². The number of hydrogen-bond donors (Lipinski definition) is 0. The van der Waals surface area contributed by atoms with Gasteiger partial charge in [-0.3, -0.25) is 0 Å². The molecule has 0 saturated heterocycles. The van der Waals surface area contributed by atoms with E-state index in [1.54, 1.807) is 0 Å². The topological polar surface area (TPSA) is 0 Å². The SMILES string of the molecule is c1cc2ccc1Cc1ccc(cc1)-c1ccc(cc1)-c1ccc-2cc1. The van der Waals surface area contributed by atoms with Gasteiger partial charge in [-0.1, -0.05) is 97.1 Å². The van der Waals surface area contributed by atoms with Crippen molar-refractivity contribution in [3.63, 3.8) is 0 Å². The lowest BCUT2D eigenvalue weighted by Gasteiger charge is -2.07. The Balaban J connectivity index is 1.70. The summed E-state index contributed by atoms with van der Waals surface area (Å²) in [7, 11) is 0. The number of hydrogen-bond acceptors (Lipinski definition) is 0. The largest absolute Gasteiger partial charge is 0.0581 e. The van der Waals surface area contributed by atoms with Gasteiger partial charge in [0, 0.05) is 0 Å². The molecule has 0 unspecified atom stereocenters. The molecule has 4 aromatic carbocycles. The van der Waals surface area contributed by atoms with Crippen molar-refractivity contribution >= 4 is 0 Å². The molecule has 25 heavy (non-hydrogen) atoms. The molecule has 0 fully saturated rings. The standard InChI is InChI=1S/C25H18/c1-5-20-6-2-18(1)17-19-3-7-21(8-4-19)23-11-15-25(16-12-23)24-13-9-22(20)10-14-24/h1-16H,17H2. The molecule has 10 aliphatic rings. The highest BCUT2D eigenvalue weighted by Crippen LogP contribution is 2.28. The van der Waals surface area contributed by atoms with E-state index in [1.165, 1.54) is 44.5 Å². The fraction of sp³-hybridized carbons (Fsp3) is 0.0400. The maximum Gasteiger partial charge on any atom is -0.00258 e. The van der Waals surface area contributed by atoms with Crippen LogP contribution in [-0.4, -0.2) is 0 Å². The van der Waals surface area contributed by atoms with E-state index >= 15 is 0 Å². The summed E-state index contributed by atoms with van der Waals surface area (Å²) in [5.74, 6) is 0. The van der Waals surface area contributed by atoms with Crippen LogP contribution in [0.3, 0.4) is 0 Å². The van der Waals surface area contributed by atoms with Crippen molar-refractivity contribution in [1.29, 1.82) is 0 Å².